The zero-order valence-electron chi connectivity index (χ0n) is 20.4. The SMILES string of the molecule is FC(F)(F)c1ccc(-c2ccc3cc(-c4ccc(-c5ccc6oc7ncccc7c6c5)nc4)ccc3c2)cc1. The summed E-state index contributed by atoms with van der Waals surface area (Å²) in [5, 5.41) is 4.03. The number of rotatable bonds is 3. The Balaban J connectivity index is 1.17. The largest absolute Gasteiger partial charge is 0.438 e. The summed E-state index contributed by atoms with van der Waals surface area (Å²) in [6, 6.07) is 31.3. The molecule has 0 aliphatic carbocycles. The maximum atomic E-state index is 12.9. The smallest absolute Gasteiger partial charge is 0.416 e. The molecule has 4 aromatic carbocycles. The fourth-order valence-electron chi connectivity index (χ4n) is 4.96. The molecule has 6 heteroatoms. The lowest BCUT2D eigenvalue weighted by molar-refractivity contribution is -0.137. The van der Waals surface area contributed by atoms with Gasteiger partial charge in [0, 0.05) is 34.3 Å². The first-order chi connectivity index (χ1) is 18.9. The highest BCUT2D eigenvalue weighted by Gasteiger charge is 2.30. The summed E-state index contributed by atoms with van der Waals surface area (Å²) in [5.41, 5.74) is 6.26. The van der Waals surface area contributed by atoms with Crippen molar-refractivity contribution in [3.63, 3.8) is 0 Å². The van der Waals surface area contributed by atoms with Gasteiger partial charge >= 0.3 is 6.18 Å². The van der Waals surface area contributed by atoms with Crippen molar-refractivity contribution in [2.24, 2.45) is 0 Å². The zero-order valence-corrected chi connectivity index (χ0v) is 20.4. The van der Waals surface area contributed by atoms with E-state index < -0.39 is 11.7 Å². The average molecular weight is 517 g/mol. The van der Waals surface area contributed by atoms with Crippen LogP contribution in [0.3, 0.4) is 0 Å². The van der Waals surface area contributed by atoms with Crippen LogP contribution in [0.25, 0.3) is 66.4 Å². The molecule has 0 saturated heterocycles. The maximum absolute atomic E-state index is 12.9. The third-order valence-electron chi connectivity index (χ3n) is 7.03. The van der Waals surface area contributed by atoms with E-state index >= 15 is 0 Å². The molecule has 0 fully saturated rings. The summed E-state index contributed by atoms with van der Waals surface area (Å²) in [6.07, 6.45) is -0.755. The third kappa shape index (κ3) is 4.20. The summed E-state index contributed by atoms with van der Waals surface area (Å²) in [4.78, 5) is 9.03. The number of hydrogen-bond donors (Lipinski definition) is 0. The van der Waals surface area contributed by atoms with Crippen molar-refractivity contribution in [1.82, 2.24) is 9.97 Å². The number of fused-ring (bicyclic) bond motifs is 4. The molecular formula is C33H19F3N2O. The molecule has 0 unspecified atom stereocenters. The number of halogens is 3. The van der Waals surface area contributed by atoms with Gasteiger partial charge < -0.3 is 4.42 Å². The van der Waals surface area contributed by atoms with Crippen molar-refractivity contribution in [2.75, 3.05) is 0 Å². The topological polar surface area (TPSA) is 38.9 Å². The number of pyridine rings is 2. The minimum atomic E-state index is -4.34. The minimum absolute atomic E-state index is 0.621. The quantitative estimate of drug-likeness (QED) is 0.235. The standard InChI is InChI=1S/C33H19F3N2O/c34-33(35,36)27-11-7-20(8-12-27)21-3-4-23-17-24(6-5-22(23)16-21)26-9-13-30(38-19-26)25-10-14-31-29(18-25)28-2-1-15-37-32(28)39-31/h1-19H. The lowest BCUT2D eigenvalue weighted by Crippen LogP contribution is -2.03. The van der Waals surface area contributed by atoms with Crippen LogP contribution in [0.15, 0.2) is 120 Å². The Morgan fingerprint density at radius 2 is 1.23 bits per heavy atom. The summed E-state index contributed by atoms with van der Waals surface area (Å²) in [5.74, 6) is 0. The van der Waals surface area contributed by atoms with Crippen molar-refractivity contribution in [3.05, 3.63) is 121 Å². The number of nitrogens with zero attached hydrogens (tertiary/aromatic N) is 2. The average Bonchev–Trinajstić information content (AvgIpc) is 3.34. The Hall–Kier alpha value is -4.97. The van der Waals surface area contributed by atoms with Crippen LogP contribution in [0.1, 0.15) is 5.56 Å². The van der Waals surface area contributed by atoms with Crippen LogP contribution >= 0.6 is 0 Å². The van der Waals surface area contributed by atoms with E-state index in [-0.39, 0.29) is 0 Å². The van der Waals surface area contributed by atoms with Gasteiger partial charge in [-0.3, -0.25) is 4.98 Å². The highest BCUT2D eigenvalue weighted by molar-refractivity contribution is 6.04. The van der Waals surface area contributed by atoms with Crippen molar-refractivity contribution in [3.8, 4) is 33.5 Å². The highest BCUT2D eigenvalue weighted by Crippen LogP contribution is 2.34. The summed E-state index contributed by atoms with van der Waals surface area (Å²) in [7, 11) is 0. The van der Waals surface area contributed by atoms with Gasteiger partial charge in [-0.25, -0.2) is 4.98 Å². The van der Waals surface area contributed by atoms with E-state index in [9.17, 15) is 13.2 Å². The molecule has 0 aliphatic heterocycles. The number of furan rings is 1. The Kier molecular flexibility index (Phi) is 5.23. The zero-order chi connectivity index (χ0) is 26.6. The van der Waals surface area contributed by atoms with E-state index in [1.54, 1.807) is 6.20 Å². The number of hydrogen-bond acceptors (Lipinski definition) is 3. The Labute approximate surface area is 221 Å². The van der Waals surface area contributed by atoms with E-state index in [4.69, 9.17) is 9.40 Å². The van der Waals surface area contributed by atoms with Crippen molar-refractivity contribution < 1.29 is 17.6 Å². The molecule has 0 aliphatic rings. The van der Waals surface area contributed by atoms with Gasteiger partial charge in [-0.1, -0.05) is 42.5 Å². The van der Waals surface area contributed by atoms with Crippen LogP contribution in [0.5, 0.6) is 0 Å². The van der Waals surface area contributed by atoms with Crippen molar-refractivity contribution >= 4 is 32.8 Å². The molecule has 0 bridgehead atoms. The first-order valence-corrected chi connectivity index (χ1v) is 12.4. The van der Waals surface area contributed by atoms with Crippen LogP contribution in [-0.4, -0.2) is 9.97 Å². The molecule has 7 rings (SSSR count). The van der Waals surface area contributed by atoms with Gasteiger partial charge in [0.1, 0.15) is 5.58 Å². The van der Waals surface area contributed by atoms with Crippen molar-refractivity contribution in [2.45, 2.75) is 6.18 Å². The molecule has 3 aromatic heterocycles. The van der Waals surface area contributed by atoms with E-state index in [1.807, 2.05) is 66.9 Å². The van der Waals surface area contributed by atoms with Gasteiger partial charge in [-0.15, -0.1) is 0 Å². The summed E-state index contributed by atoms with van der Waals surface area (Å²) >= 11 is 0. The number of aromatic nitrogens is 2. The molecule has 7 aromatic rings. The van der Waals surface area contributed by atoms with E-state index in [0.29, 0.717) is 5.71 Å². The molecule has 0 saturated carbocycles. The second-order valence-corrected chi connectivity index (χ2v) is 9.45. The molecule has 0 N–H and O–H groups in total. The van der Waals surface area contributed by atoms with Gasteiger partial charge in [0.2, 0.25) is 5.71 Å². The minimum Gasteiger partial charge on any atom is -0.438 e. The van der Waals surface area contributed by atoms with Crippen LogP contribution in [0.4, 0.5) is 13.2 Å². The Morgan fingerprint density at radius 3 is 1.92 bits per heavy atom. The van der Waals surface area contributed by atoms with Crippen LogP contribution in [-0.2, 0) is 6.18 Å². The summed E-state index contributed by atoms with van der Waals surface area (Å²) < 4.78 is 44.5. The fraction of sp³-hybridized carbons (Fsp3) is 0.0303. The maximum Gasteiger partial charge on any atom is 0.416 e. The van der Waals surface area contributed by atoms with E-state index in [1.165, 1.54) is 12.1 Å². The van der Waals surface area contributed by atoms with Crippen LogP contribution in [0, 0.1) is 0 Å². The normalized spacial score (nSPS) is 12.0. The molecule has 188 valence electrons. The van der Waals surface area contributed by atoms with Gasteiger partial charge in [-0.2, -0.15) is 13.2 Å². The van der Waals surface area contributed by atoms with Crippen LogP contribution in [0.2, 0.25) is 0 Å². The summed E-state index contributed by atoms with van der Waals surface area (Å²) in [6.45, 7) is 0. The second kappa shape index (κ2) is 8.81. The molecule has 0 radical (unpaired) electrons. The van der Waals surface area contributed by atoms with E-state index in [2.05, 4.69) is 23.2 Å². The van der Waals surface area contributed by atoms with Crippen molar-refractivity contribution in [1.29, 1.82) is 0 Å². The predicted molar refractivity (Wildman–Crippen MR) is 148 cm³/mol. The predicted octanol–water partition coefficient (Wildman–Crippen LogP) is 9.55. The molecule has 0 amide bonds. The van der Waals surface area contributed by atoms with E-state index in [0.717, 1.165) is 72.8 Å². The van der Waals surface area contributed by atoms with Crippen LogP contribution < -0.4 is 0 Å². The molecule has 0 atom stereocenters. The molecule has 3 heterocycles. The first-order valence-electron chi connectivity index (χ1n) is 12.4. The van der Waals surface area contributed by atoms with Gasteiger partial charge in [0.15, 0.2) is 0 Å². The third-order valence-corrected chi connectivity index (χ3v) is 7.03. The molecular weight excluding hydrogens is 497 g/mol. The monoisotopic (exact) mass is 516 g/mol. The first kappa shape index (κ1) is 23.2. The molecule has 0 spiro atoms. The number of alkyl halides is 3. The highest BCUT2D eigenvalue weighted by atomic mass is 19.4. The lowest BCUT2D eigenvalue weighted by Gasteiger charge is -2.09. The van der Waals surface area contributed by atoms with Gasteiger partial charge in [0.05, 0.1) is 11.3 Å². The van der Waals surface area contributed by atoms with Gasteiger partial charge in [-0.05, 0) is 88.1 Å². The molecule has 39 heavy (non-hydrogen) atoms. The fourth-order valence-corrected chi connectivity index (χ4v) is 4.96. The lowest BCUT2D eigenvalue weighted by atomic mass is 9.97. The number of benzene rings is 4. The Morgan fingerprint density at radius 1 is 0.564 bits per heavy atom. The molecule has 3 nitrogen and oxygen atoms in total. The van der Waals surface area contributed by atoms with Gasteiger partial charge in [0.25, 0.3) is 0 Å². The second-order valence-electron chi connectivity index (χ2n) is 9.45. The Bertz CT molecular complexity index is 1990.